The van der Waals surface area contributed by atoms with Gasteiger partial charge in [0.1, 0.15) is 10.7 Å². The number of pyridine rings is 1. The highest BCUT2D eigenvalue weighted by atomic mass is 32.2. The highest BCUT2D eigenvalue weighted by Crippen LogP contribution is 2.18. The molecular formula is C12H17N3O5S. The number of carboxylic acid groups (broad SMARTS) is 1. The van der Waals surface area contributed by atoms with Crippen molar-refractivity contribution in [1.29, 1.82) is 0 Å². The Bertz CT molecular complexity index is 614. The molecule has 1 aliphatic rings. The molecule has 1 unspecified atom stereocenters. The summed E-state index contributed by atoms with van der Waals surface area (Å²) in [7, 11) is -0.621. The van der Waals surface area contributed by atoms with Crippen LogP contribution < -0.4 is 4.90 Å². The summed E-state index contributed by atoms with van der Waals surface area (Å²) in [5, 5.41) is 8.96. The summed E-state index contributed by atoms with van der Waals surface area (Å²) >= 11 is 0. The molecule has 0 amide bonds. The third-order valence-corrected chi connectivity index (χ3v) is 4.96. The second kappa shape index (κ2) is 5.96. The van der Waals surface area contributed by atoms with Gasteiger partial charge in [-0.15, -0.1) is 0 Å². The van der Waals surface area contributed by atoms with Gasteiger partial charge in [-0.3, -0.25) is 0 Å². The summed E-state index contributed by atoms with van der Waals surface area (Å²) in [6.07, 6.45) is 0.376. The molecule has 116 valence electrons. The molecule has 2 rings (SSSR count). The molecule has 2 heterocycles. The van der Waals surface area contributed by atoms with E-state index in [1.807, 2.05) is 0 Å². The maximum Gasteiger partial charge on any atom is 0.334 e. The van der Waals surface area contributed by atoms with Crippen LogP contribution in [0, 0.1) is 0 Å². The van der Waals surface area contributed by atoms with E-state index in [1.54, 1.807) is 11.0 Å². The molecule has 9 heteroatoms. The molecule has 1 aromatic rings. The van der Waals surface area contributed by atoms with Crippen molar-refractivity contribution in [1.82, 2.24) is 9.29 Å². The zero-order chi connectivity index (χ0) is 15.6. The highest BCUT2D eigenvalue weighted by molar-refractivity contribution is 7.89. The van der Waals surface area contributed by atoms with Crippen molar-refractivity contribution in [3.05, 3.63) is 18.3 Å². The number of aliphatic carboxylic acids is 1. The van der Waals surface area contributed by atoms with E-state index in [0.29, 0.717) is 12.4 Å². The molecule has 0 bridgehead atoms. The number of carboxylic acids is 1. The minimum Gasteiger partial charge on any atom is -0.479 e. The van der Waals surface area contributed by atoms with Crippen LogP contribution in [0.3, 0.4) is 0 Å². The van der Waals surface area contributed by atoms with Gasteiger partial charge < -0.3 is 14.7 Å². The molecule has 0 aromatic carbocycles. The number of ether oxygens (including phenoxy) is 1. The summed E-state index contributed by atoms with van der Waals surface area (Å²) in [6, 6.07) is 3.03. The lowest BCUT2D eigenvalue weighted by molar-refractivity contribution is -0.150. The number of carbonyl (C=O) groups is 1. The van der Waals surface area contributed by atoms with Gasteiger partial charge in [0.2, 0.25) is 10.0 Å². The summed E-state index contributed by atoms with van der Waals surface area (Å²) in [6.45, 7) is 0.981. The van der Waals surface area contributed by atoms with Gasteiger partial charge in [0.15, 0.2) is 6.10 Å². The number of anilines is 1. The molecule has 21 heavy (non-hydrogen) atoms. The van der Waals surface area contributed by atoms with Crippen molar-refractivity contribution in [2.45, 2.75) is 11.0 Å². The second-order valence-corrected chi connectivity index (χ2v) is 6.94. The molecule has 1 atom stereocenters. The number of morpholine rings is 1. The van der Waals surface area contributed by atoms with Crippen molar-refractivity contribution in [3.63, 3.8) is 0 Å². The Labute approximate surface area is 123 Å². The van der Waals surface area contributed by atoms with Gasteiger partial charge in [0.25, 0.3) is 0 Å². The molecule has 1 aliphatic heterocycles. The van der Waals surface area contributed by atoms with Crippen molar-refractivity contribution >= 4 is 21.8 Å². The van der Waals surface area contributed by atoms with Crippen molar-refractivity contribution in [2.75, 3.05) is 38.7 Å². The zero-order valence-electron chi connectivity index (χ0n) is 11.8. The fourth-order valence-corrected chi connectivity index (χ4v) is 2.78. The third kappa shape index (κ3) is 3.31. The fraction of sp³-hybridized carbons (Fsp3) is 0.500. The molecule has 0 saturated carbocycles. The predicted molar refractivity (Wildman–Crippen MR) is 74.7 cm³/mol. The lowest BCUT2D eigenvalue weighted by Crippen LogP contribution is -2.46. The molecule has 1 saturated heterocycles. The molecule has 1 N–H and O–H groups in total. The highest BCUT2D eigenvalue weighted by Gasteiger charge is 2.27. The minimum atomic E-state index is -3.52. The fourth-order valence-electron chi connectivity index (χ4n) is 1.93. The van der Waals surface area contributed by atoms with Gasteiger partial charge in [-0.2, -0.15) is 0 Å². The lowest BCUT2D eigenvalue weighted by atomic mass is 10.2. The number of sulfonamides is 1. The van der Waals surface area contributed by atoms with E-state index in [1.165, 1.54) is 26.4 Å². The minimum absolute atomic E-state index is 0.0966. The molecule has 0 radical (unpaired) electrons. The van der Waals surface area contributed by atoms with E-state index in [9.17, 15) is 13.2 Å². The maximum absolute atomic E-state index is 11.9. The average molecular weight is 315 g/mol. The first-order valence-corrected chi connectivity index (χ1v) is 7.74. The van der Waals surface area contributed by atoms with Gasteiger partial charge in [-0.25, -0.2) is 22.5 Å². The molecule has 8 nitrogen and oxygen atoms in total. The average Bonchev–Trinajstić information content (AvgIpc) is 2.47. The number of nitrogens with zero attached hydrogens (tertiary/aromatic N) is 3. The van der Waals surface area contributed by atoms with Gasteiger partial charge in [0.05, 0.1) is 13.2 Å². The molecule has 1 aromatic heterocycles. The van der Waals surface area contributed by atoms with E-state index in [-0.39, 0.29) is 18.0 Å². The van der Waals surface area contributed by atoms with Crippen LogP contribution in [0.5, 0.6) is 0 Å². The number of hydrogen-bond donors (Lipinski definition) is 1. The monoisotopic (exact) mass is 315 g/mol. The van der Waals surface area contributed by atoms with Crippen molar-refractivity contribution in [2.24, 2.45) is 0 Å². The Hall–Kier alpha value is -1.71. The van der Waals surface area contributed by atoms with E-state index in [4.69, 9.17) is 9.84 Å². The molecule has 1 fully saturated rings. The van der Waals surface area contributed by atoms with Gasteiger partial charge in [0, 0.05) is 26.8 Å². The van der Waals surface area contributed by atoms with Crippen LogP contribution in [0.15, 0.2) is 23.2 Å². The van der Waals surface area contributed by atoms with E-state index in [2.05, 4.69) is 4.98 Å². The standard InChI is InChI=1S/C12H17N3O5S/c1-14(2)21(18,19)9-3-4-11(13-7-9)15-5-6-20-10(8-15)12(16)17/h3-4,7,10H,5-6,8H2,1-2H3,(H,16,17). The summed E-state index contributed by atoms with van der Waals surface area (Å²) in [5.41, 5.74) is 0. The van der Waals surface area contributed by atoms with Crippen LogP contribution in [0.1, 0.15) is 0 Å². The topological polar surface area (TPSA) is 100 Å². The lowest BCUT2D eigenvalue weighted by Gasteiger charge is -2.31. The van der Waals surface area contributed by atoms with Crippen LogP contribution in [0.25, 0.3) is 0 Å². The van der Waals surface area contributed by atoms with Crippen LogP contribution in [-0.4, -0.2) is 68.7 Å². The van der Waals surface area contributed by atoms with Crippen LogP contribution in [0.4, 0.5) is 5.82 Å². The van der Waals surface area contributed by atoms with Gasteiger partial charge in [-0.1, -0.05) is 0 Å². The SMILES string of the molecule is CN(C)S(=O)(=O)c1ccc(N2CCOC(C(=O)O)C2)nc1. The first-order chi connectivity index (χ1) is 9.82. The Morgan fingerprint density at radius 1 is 1.48 bits per heavy atom. The van der Waals surface area contributed by atoms with Crippen molar-refractivity contribution in [3.8, 4) is 0 Å². The summed E-state index contributed by atoms with van der Waals surface area (Å²) in [4.78, 5) is 16.9. The normalized spacial score (nSPS) is 19.8. The Morgan fingerprint density at radius 3 is 2.71 bits per heavy atom. The first kappa shape index (κ1) is 15.7. The summed E-state index contributed by atoms with van der Waals surface area (Å²) in [5.74, 6) is -0.492. The Balaban J connectivity index is 2.18. The van der Waals surface area contributed by atoms with E-state index in [0.717, 1.165) is 4.31 Å². The Morgan fingerprint density at radius 2 is 2.19 bits per heavy atom. The largest absolute Gasteiger partial charge is 0.479 e. The molecule has 0 spiro atoms. The maximum atomic E-state index is 11.9. The third-order valence-electron chi connectivity index (χ3n) is 3.17. The smallest absolute Gasteiger partial charge is 0.334 e. The second-order valence-electron chi connectivity index (χ2n) is 4.78. The van der Waals surface area contributed by atoms with E-state index >= 15 is 0 Å². The van der Waals surface area contributed by atoms with E-state index < -0.39 is 22.1 Å². The molecule has 0 aliphatic carbocycles. The quantitative estimate of drug-likeness (QED) is 0.808. The van der Waals surface area contributed by atoms with Gasteiger partial charge >= 0.3 is 5.97 Å². The Kier molecular flexibility index (Phi) is 4.45. The first-order valence-electron chi connectivity index (χ1n) is 6.30. The van der Waals surface area contributed by atoms with Crippen LogP contribution in [-0.2, 0) is 19.6 Å². The van der Waals surface area contributed by atoms with Crippen LogP contribution in [0.2, 0.25) is 0 Å². The van der Waals surface area contributed by atoms with Crippen LogP contribution >= 0.6 is 0 Å². The predicted octanol–water partition coefficient (Wildman–Crippen LogP) is -0.378. The molecular weight excluding hydrogens is 298 g/mol. The number of hydrogen-bond acceptors (Lipinski definition) is 6. The number of aromatic nitrogens is 1. The van der Waals surface area contributed by atoms with Gasteiger partial charge in [-0.05, 0) is 12.1 Å². The van der Waals surface area contributed by atoms with Crippen molar-refractivity contribution < 1.29 is 23.1 Å². The number of rotatable bonds is 4. The summed E-state index contributed by atoms with van der Waals surface area (Å²) < 4.78 is 30.1. The zero-order valence-corrected chi connectivity index (χ0v) is 12.6.